The normalized spacial score (nSPS) is 12.1. The molecule has 1 rings (SSSR count). The van der Waals surface area contributed by atoms with Crippen molar-refractivity contribution in [2.45, 2.75) is 19.4 Å². The molecule has 0 saturated heterocycles. The minimum Gasteiger partial charge on any atom is -0.376 e. The molecule has 0 saturated carbocycles. The quantitative estimate of drug-likeness (QED) is 0.866. The molecule has 0 heterocycles. The van der Waals surface area contributed by atoms with Crippen molar-refractivity contribution in [3.8, 4) is 0 Å². The van der Waals surface area contributed by atoms with Gasteiger partial charge in [0, 0.05) is 19.1 Å². The maximum absolute atomic E-state index is 11.7. The van der Waals surface area contributed by atoms with Crippen LogP contribution in [0.15, 0.2) is 18.2 Å². The van der Waals surface area contributed by atoms with Crippen LogP contribution in [0.5, 0.6) is 0 Å². The molecule has 17 heavy (non-hydrogen) atoms. The Hall–Kier alpha value is -1.26. The van der Waals surface area contributed by atoms with Crippen molar-refractivity contribution in [2.75, 3.05) is 24.3 Å². The SMILES string of the molecule is CCC(N)C(=O)Nc1cc(Cl)ccc1N(C)C. The Labute approximate surface area is 107 Å². The molecule has 0 aliphatic rings. The molecular formula is C12H18ClN3O. The van der Waals surface area contributed by atoms with Gasteiger partial charge in [-0.1, -0.05) is 18.5 Å². The van der Waals surface area contributed by atoms with Crippen LogP contribution >= 0.6 is 11.6 Å². The molecule has 1 aromatic rings. The highest BCUT2D eigenvalue weighted by Crippen LogP contribution is 2.27. The molecule has 0 aromatic heterocycles. The zero-order chi connectivity index (χ0) is 13.0. The highest BCUT2D eigenvalue weighted by Gasteiger charge is 2.14. The summed E-state index contributed by atoms with van der Waals surface area (Å²) in [6, 6.07) is 4.86. The number of halogens is 1. The van der Waals surface area contributed by atoms with E-state index < -0.39 is 6.04 Å². The van der Waals surface area contributed by atoms with Crippen LogP contribution in [0, 0.1) is 0 Å². The summed E-state index contributed by atoms with van der Waals surface area (Å²) in [7, 11) is 3.80. The highest BCUT2D eigenvalue weighted by atomic mass is 35.5. The predicted octanol–water partition coefficient (Wildman–Crippen LogP) is 2.08. The van der Waals surface area contributed by atoms with E-state index in [-0.39, 0.29) is 5.91 Å². The molecule has 1 unspecified atom stereocenters. The molecule has 4 nitrogen and oxygen atoms in total. The number of nitrogens with one attached hydrogen (secondary N) is 1. The number of hydrogen-bond acceptors (Lipinski definition) is 3. The number of anilines is 2. The second kappa shape index (κ2) is 5.89. The topological polar surface area (TPSA) is 58.4 Å². The van der Waals surface area contributed by atoms with Gasteiger partial charge >= 0.3 is 0 Å². The molecule has 94 valence electrons. The molecule has 0 fully saturated rings. The first-order valence-electron chi connectivity index (χ1n) is 5.49. The van der Waals surface area contributed by atoms with Crippen LogP contribution in [0.1, 0.15) is 13.3 Å². The molecule has 3 N–H and O–H groups in total. The Balaban J connectivity index is 2.96. The summed E-state index contributed by atoms with van der Waals surface area (Å²) in [6.07, 6.45) is 0.601. The molecule has 0 spiro atoms. The second-order valence-corrected chi connectivity index (χ2v) is 4.50. The van der Waals surface area contributed by atoms with Crippen molar-refractivity contribution in [1.82, 2.24) is 0 Å². The summed E-state index contributed by atoms with van der Waals surface area (Å²) >= 11 is 5.92. The van der Waals surface area contributed by atoms with Gasteiger partial charge in [0.15, 0.2) is 0 Å². The Bertz CT molecular complexity index is 407. The van der Waals surface area contributed by atoms with E-state index in [9.17, 15) is 4.79 Å². The molecule has 5 heteroatoms. The Morgan fingerprint density at radius 1 is 1.53 bits per heavy atom. The molecule has 1 atom stereocenters. The van der Waals surface area contributed by atoms with Gasteiger partial charge in [0.1, 0.15) is 0 Å². The number of carbonyl (C=O) groups is 1. The maximum Gasteiger partial charge on any atom is 0.241 e. The lowest BCUT2D eigenvalue weighted by molar-refractivity contribution is -0.117. The summed E-state index contributed by atoms with van der Waals surface area (Å²) in [4.78, 5) is 13.6. The van der Waals surface area contributed by atoms with Crippen molar-refractivity contribution in [3.05, 3.63) is 23.2 Å². The molecule has 1 aromatic carbocycles. The number of amides is 1. The minimum atomic E-state index is -0.496. The van der Waals surface area contributed by atoms with Gasteiger partial charge in [-0.25, -0.2) is 0 Å². The first-order chi connectivity index (χ1) is 7.95. The third kappa shape index (κ3) is 3.61. The monoisotopic (exact) mass is 255 g/mol. The molecule has 0 radical (unpaired) electrons. The lowest BCUT2D eigenvalue weighted by Crippen LogP contribution is -2.35. The van der Waals surface area contributed by atoms with Gasteiger partial charge in [-0.2, -0.15) is 0 Å². The van der Waals surface area contributed by atoms with Crippen molar-refractivity contribution in [1.29, 1.82) is 0 Å². The van der Waals surface area contributed by atoms with Crippen LogP contribution in [0.3, 0.4) is 0 Å². The lowest BCUT2D eigenvalue weighted by atomic mass is 10.2. The van der Waals surface area contributed by atoms with E-state index in [0.717, 1.165) is 5.69 Å². The molecule has 1 amide bonds. The van der Waals surface area contributed by atoms with E-state index in [1.54, 1.807) is 12.1 Å². The Morgan fingerprint density at radius 3 is 2.71 bits per heavy atom. The van der Waals surface area contributed by atoms with Gasteiger partial charge in [0.25, 0.3) is 0 Å². The fourth-order valence-electron chi connectivity index (χ4n) is 1.41. The second-order valence-electron chi connectivity index (χ2n) is 4.06. The van der Waals surface area contributed by atoms with Gasteiger partial charge < -0.3 is 16.0 Å². The Kier molecular flexibility index (Phi) is 4.78. The number of benzene rings is 1. The van der Waals surface area contributed by atoms with E-state index in [4.69, 9.17) is 17.3 Å². The zero-order valence-corrected chi connectivity index (χ0v) is 11.1. The van der Waals surface area contributed by atoms with E-state index in [1.807, 2.05) is 32.0 Å². The molecule has 0 aliphatic carbocycles. The number of hydrogen-bond donors (Lipinski definition) is 2. The number of nitrogens with zero attached hydrogens (tertiary/aromatic N) is 1. The van der Waals surface area contributed by atoms with Crippen molar-refractivity contribution in [3.63, 3.8) is 0 Å². The number of nitrogens with two attached hydrogens (primary N) is 1. The van der Waals surface area contributed by atoms with Crippen LogP contribution in [0.2, 0.25) is 5.02 Å². The van der Waals surface area contributed by atoms with Crippen LogP contribution in [-0.4, -0.2) is 26.0 Å². The third-order valence-electron chi connectivity index (χ3n) is 2.47. The number of carbonyl (C=O) groups excluding carboxylic acids is 1. The standard InChI is InChI=1S/C12H18ClN3O/c1-4-9(14)12(17)15-10-7-8(13)5-6-11(10)16(2)3/h5-7,9H,4,14H2,1-3H3,(H,15,17). The first kappa shape index (κ1) is 13.8. The number of rotatable bonds is 4. The largest absolute Gasteiger partial charge is 0.376 e. The summed E-state index contributed by atoms with van der Waals surface area (Å²) in [5.74, 6) is -0.196. The summed E-state index contributed by atoms with van der Waals surface area (Å²) in [6.45, 7) is 1.87. The first-order valence-corrected chi connectivity index (χ1v) is 5.86. The van der Waals surface area contributed by atoms with E-state index >= 15 is 0 Å². The Morgan fingerprint density at radius 2 is 2.18 bits per heavy atom. The molecule has 0 aliphatic heterocycles. The van der Waals surface area contributed by atoms with Gasteiger partial charge in [-0.15, -0.1) is 0 Å². The average molecular weight is 256 g/mol. The van der Waals surface area contributed by atoms with Gasteiger partial charge in [-0.3, -0.25) is 4.79 Å². The lowest BCUT2D eigenvalue weighted by Gasteiger charge is -2.19. The fraction of sp³-hybridized carbons (Fsp3) is 0.417. The summed E-state index contributed by atoms with van der Waals surface area (Å²) in [5, 5.41) is 3.37. The van der Waals surface area contributed by atoms with E-state index in [1.165, 1.54) is 0 Å². The van der Waals surface area contributed by atoms with Crippen molar-refractivity contribution >= 4 is 28.9 Å². The summed E-state index contributed by atoms with van der Waals surface area (Å²) < 4.78 is 0. The molecule has 0 bridgehead atoms. The molecular weight excluding hydrogens is 238 g/mol. The smallest absolute Gasteiger partial charge is 0.241 e. The van der Waals surface area contributed by atoms with Crippen LogP contribution in [0.25, 0.3) is 0 Å². The highest BCUT2D eigenvalue weighted by molar-refractivity contribution is 6.31. The fourth-order valence-corrected chi connectivity index (χ4v) is 1.58. The predicted molar refractivity (Wildman–Crippen MR) is 72.7 cm³/mol. The van der Waals surface area contributed by atoms with Gasteiger partial charge in [0.2, 0.25) is 5.91 Å². The van der Waals surface area contributed by atoms with Crippen LogP contribution in [-0.2, 0) is 4.79 Å². The van der Waals surface area contributed by atoms with Gasteiger partial charge in [0.05, 0.1) is 17.4 Å². The van der Waals surface area contributed by atoms with Crippen LogP contribution < -0.4 is 16.0 Å². The van der Waals surface area contributed by atoms with Gasteiger partial charge in [-0.05, 0) is 24.6 Å². The van der Waals surface area contributed by atoms with Crippen LogP contribution in [0.4, 0.5) is 11.4 Å². The summed E-state index contributed by atoms with van der Waals surface area (Å²) in [5.41, 5.74) is 7.24. The van der Waals surface area contributed by atoms with E-state index in [0.29, 0.717) is 17.1 Å². The van der Waals surface area contributed by atoms with E-state index in [2.05, 4.69) is 5.32 Å². The maximum atomic E-state index is 11.7. The zero-order valence-electron chi connectivity index (χ0n) is 10.3. The minimum absolute atomic E-state index is 0.196. The van der Waals surface area contributed by atoms with Crippen molar-refractivity contribution < 1.29 is 4.79 Å². The average Bonchev–Trinajstić information content (AvgIpc) is 2.27. The third-order valence-corrected chi connectivity index (χ3v) is 2.71. The van der Waals surface area contributed by atoms with Crippen molar-refractivity contribution in [2.24, 2.45) is 5.73 Å².